The van der Waals surface area contributed by atoms with Crippen molar-refractivity contribution >= 4 is 40.2 Å². The highest BCUT2D eigenvalue weighted by Gasteiger charge is 2.43. The third-order valence-corrected chi connectivity index (χ3v) is 7.97. The minimum absolute atomic E-state index is 0.0460. The fourth-order valence-electron chi connectivity index (χ4n) is 6.00. The molecular weight excluding hydrogens is 449 g/mol. The van der Waals surface area contributed by atoms with Gasteiger partial charge in [-0.3, -0.25) is 0 Å². The molecule has 4 aromatic carbocycles. The molecule has 0 radical (unpaired) electrons. The number of hydrogen-bond acceptors (Lipinski definition) is 2. The van der Waals surface area contributed by atoms with Gasteiger partial charge >= 0.3 is 0 Å². The van der Waals surface area contributed by atoms with Crippen LogP contribution in [0.15, 0.2) is 72.8 Å². The van der Waals surface area contributed by atoms with E-state index in [1.165, 1.54) is 55.7 Å². The third kappa shape index (κ3) is 3.79. The fraction of sp³-hybridized carbons (Fsp3) is 0.294. The minimum Gasteiger partial charge on any atom is -0.458 e. The molecule has 0 saturated heterocycles. The Bertz CT molecular complexity index is 1550. The maximum absolute atomic E-state index is 6.52. The minimum atomic E-state index is 0.0460. The van der Waals surface area contributed by atoms with E-state index in [1.807, 2.05) is 0 Å². The molecule has 6 rings (SSSR count). The first-order valence-corrected chi connectivity index (χ1v) is 13.4. The Labute approximate surface area is 222 Å². The number of hydrogen-bond donors (Lipinski definition) is 0. The van der Waals surface area contributed by atoms with Gasteiger partial charge in [0.15, 0.2) is 0 Å². The number of fused-ring (bicyclic) bond motifs is 4. The molecule has 0 spiro atoms. The highest BCUT2D eigenvalue weighted by molar-refractivity contribution is 6.99. The van der Waals surface area contributed by atoms with Crippen molar-refractivity contribution in [2.24, 2.45) is 0 Å². The number of nitrogens with zero attached hydrogens (tertiary/aromatic N) is 1. The third-order valence-electron chi connectivity index (χ3n) is 7.97. The largest absolute Gasteiger partial charge is 0.458 e. The van der Waals surface area contributed by atoms with Crippen molar-refractivity contribution in [3.63, 3.8) is 0 Å². The maximum Gasteiger partial charge on any atom is 0.256 e. The molecule has 0 amide bonds. The molecule has 37 heavy (non-hydrogen) atoms. The van der Waals surface area contributed by atoms with Crippen LogP contribution in [0.2, 0.25) is 0 Å². The summed E-state index contributed by atoms with van der Waals surface area (Å²) in [5.74, 6) is 1.92. The molecule has 0 N–H and O–H groups in total. The zero-order valence-corrected chi connectivity index (χ0v) is 23.4. The van der Waals surface area contributed by atoms with Gasteiger partial charge in [0.2, 0.25) is 0 Å². The molecule has 3 heteroatoms. The highest BCUT2D eigenvalue weighted by atomic mass is 16.5. The predicted molar refractivity (Wildman–Crippen MR) is 159 cm³/mol. The van der Waals surface area contributed by atoms with Crippen LogP contribution in [-0.4, -0.2) is 6.71 Å². The van der Waals surface area contributed by atoms with Gasteiger partial charge in [0.05, 0.1) is 0 Å². The molecule has 0 fully saturated rings. The normalized spacial score (nSPS) is 14.1. The van der Waals surface area contributed by atoms with E-state index in [0.717, 1.165) is 11.5 Å². The molecule has 2 aliphatic rings. The van der Waals surface area contributed by atoms with Gasteiger partial charge < -0.3 is 9.64 Å². The predicted octanol–water partition coefficient (Wildman–Crippen LogP) is 7.30. The van der Waals surface area contributed by atoms with Crippen molar-refractivity contribution in [2.75, 3.05) is 4.90 Å². The number of para-hydroxylation sites is 1. The number of aryl methyl sites for hydroxylation is 2. The molecule has 0 aromatic heterocycles. The maximum atomic E-state index is 6.52. The van der Waals surface area contributed by atoms with Gasteiger partial charge in [-0.25, -0.2) is 0 Å². The number of anilines is 3. The van der Waals surface area contributed by atoms with Gasteiger partial charge in [-0.05, 0) is 94.2 Å². The van der Waals surface area contributed by atoms with E-state index in [9.17, 15) is 0 Å². The van der Waals surface area contributed by atoms with E-state index >= 15 is 0 Å². The fourth-order valence-corrected chi connectivity index (χ4v) is 6.00. The summed E-state index contributed by atoms with van der Waals surface area (Å²) in [4.78, 5) is 2.49. The molecule has 2 nitrogen and oxygen atoms in total. The second-order valence-corrected chi connectivity index (χ2v) is 12.9. The van der Waals surface area contributed by atoms with Crippen LogP contribution in [0.25, 0.3) is 0 Å². The van der Waals surface area contributed by atoms with Gasteiger partial charge in [-0.1, -0.05) is 83.5 Å². The van der Waals surface area contributed by atoms with Gasteiger partial charge in [0, 0.05) is 17.1 Å². The summed E-state index contributed by atoms with van der Waals surface area (Å²) in [7, 11) is 0. The first-order valence-electron chi connectivity index (χ1n) is 13.4. The van der Waals surface area contributed by atoms with E-state index < -0.39 is 0 Å². The van der Waals surface area contributed by atoms with Crippen LogP contribution in [0.1, 0.15) is 63.8 Å². The van der Waals surface area contributed by atoms with Crippen molar-refractivity contribution in [3.05, 3.63) is 95.1 Å². The van der Waals surface area contributed by atoms with Crippen LogP contribution < -0.4 is 26.0 Å². The number of benzene rings is 4. The molecule has 0 unspecified atom stereocenters. The Hall–Kier alpha value is -3.46. The van der Waals surface area contributed by atoms with E-state index in [1.54, 1.807) is 0 Å². The van der Waals surface area contributed by atoms with E-state index in [2.05, 4.69) is 133 Å². The average molecular weight is 485 g/mol. The zero-order chi connectivity index (χ0) is 26.3. The average Bonchev–Trinajstić information content (AvgIpc) is 2.82. The SMILES string of the molecule is Cc1cc(N2c3cc(C(C)(C)C)cc(C)c3B3c4ccccc4Oc4cccc2c43)cc(C(C)(C)C)c1. The van der Waals surface area contributed by atoms with Crippen molar-refractivity contribution in [1.82, 2.24) is 0 Å². The first-order chi connectivity index (χ1) is 17.4. The standard InChI is InChI=1S/C34H36BNO/c1-21-16-23(33(3,4)5)19-25(17-21)36-27-13-11-15-30-32(27)35(26-12-9-10-14-29(26)37-30)31-22(2)18-24(20-28(31)36)34(6,7)8/h9-20H,1-8H3. The van der Waals surface area contributed by atoms with Crippen LogP contribution in [0, 0.1) is 13.8 Å². The lowest BCUT2D eigenvalue weighted by Crippen LogP contribution is -2.60. The van der Waals surface area contributed by atoms with E-state index in [-0.39, 0.29) is 17.5 Å². The van der Waals surface area contributed by atoms with Gasteiger partial charge in [0.25, 0.3) is 6.71 Å². The Kier molecular flexibility index (Phi) is 5.18. The quantitative estimate of drug-likeness (QED) is 0.227. The Balaban J connectivity index is 1.72. The second-order valence-electron chi connectivity index (χ2n) is 12.9. The lowest BCUT2D eigenvalue weighted by molar-refractivity contribution is 0.487. The van der Waals surface area contributed by atoms with Crippen LogP contribution in [0.5, 0.6) is 11.5 Å². The zero-order valence-electron chi connectivity index (χ0n) is 23.4. The molecule has 0 aliphatic carbocycles. The van der Waals surface area contributed by atoms with E-state index in [4.69, 9.17) is 4.74 Å². The lowest BCUT2D eigenvalue weighted by atomic mass is 9.33. The second kappa shape index (κ2) is 8.02. The van der Waals surface area contributed by atoms with Gasteiger partial charge in [0.1, 0.15) is 11.5 Å². The Morgan fingerprint density at radius 3 is 2.05 bits per heavy atom. The van der Waals surface area contributed by atoms with E-state index in [0.29, 0.717) is 0 Å². The lowest BCUT2D eigenvalue weighted by Gasteiger charge is -2.42. The van der Waals surface area contributed by atoms with Gasteiger partial charge in [-0.2, -0.15) is 0 Å². The Morgan fingerprint density at radius 1 is 0.649 bits per heavy atom. The summed E-state index contributed by atoms with van der Waals surface area (Å²) >= 11 is 0. The molecule has 186 valence electrons. The summed E-state index contributed by atoms with van der Waals surface area (Å²) in [6.45, 7) is 18.4. The van der Waals surface area contributed by atoms with Crippen molar-refractivity contribution in [2.45, 2.75) is 66.2 Å². The number of rotatable bonds is 1. The van der Waals surface area contributed by atoms with Crippen molar-refractivity contribution < 1.29 is 4.74 Å². The summed E-state index contributed by atoms with van der Waals surface area (Å²) in [6.07, 6.45) is 0. The summed E-state index contributed by atoms with van der Waals surface area (Å²) < 4.78 is 6.52. The highest BCUT2D eigenvalue weighted by Crippen LogP contribution is 2.43. The molecular formula is C34H36BNO. The molecule has 0 atom stereocenters. The van der Waals surface area contributed by atoms with Gasteiger partial charge in [-0.15, -0.1) is 0 Å². The monoisotopic (exact) mass is 485 g/mol. The first kappa shape index (κ1) is 23.9. The smallest absolute Gasteiger partial charge is 0.256 e. The molecule has 0 bridgehead atoms. The molecule has 0 saturated carbocycles. The molecule has 2 heterocycles. The number of ether oxygens (including phenoxy) is 1. The van der Waals surface area contributed by atoms with Crippen LogP contribution in [0.4, 0.5) is 17.1 Å². The van der Waals surface area contributed by atoms with Crippen molar-refractivity contribution in [3.8, 4) is 11.5 Å². The summed E-state index contributed by atoms with van der Waals surface area (Å²) in [6, 6.07) is 27.0. The summed E-state index contributed by atoms with van der Waals surface area (Å²) in [5, 5.41) is 0. The van der Waals surface area contributed by atoms with Crippen molar-refractivity contribution in [1.29, 1.82) is 0 Å². The van der Waals surface area contributed by atoms with Crippen LogP contribution >= 0.6 is 0 Å². The Morgan fingerprint density at radius 2 is 1.32 bits per heavy atom. The van der Waals surface area contributed by atoms with Crippen LogP contribution in [0.3, 0.4) is 0 Å². The summed E-state index contributed by atoms with van der Waals surface area (Å²) in [5.41, 5.74) is 13.0. The molecule has 4 aromatic rings. The molecule has 2 aliphatic heterocycles. The van der Waals surface area contributed by atoms with Crippen LogP contribution in [-0.2, 0) is 10.8 Å². The topological polar surface area (TPSA) is 12.5 Å².